The van der Waals surface area contributed by atoms with Crippen molar-refractivity contribution in [3.05, 3.63) is 95.3 Å². The number of benzene rings is 3. The first kappa shape index (κ1) is 19.8. The van der Waals surface area contributed by atoms with Crippen molar-refractivity contribution in [3.63, 3.8) is 0 Å². The molecule has 0 aliphatic rings. The Morgan fingerprint density at radius 3 is 1.79 bits per heavy atom. The molecule has 29 heavy (non-hydrogen) atoms. The van der Waals surface area contributed by atoms with Gasteiger partial charge in [-0.25, -0.2) is 9.18 Å². The number of nitrogens with one attached hydrogen (secondary N) is 2. The first-order chi connectivity index (χ1) is 14.0. The summed E-state index contributed by atoms with van der Waals surface area (Å²) in [6.45, 7) is 0. The van der Waals surface area contributed by atoms with E-state index < -0.39 is 17.7 Å². The fourth-order valence-electron chi connectivity index (χ4n) is 2.54. The molecule has 0 saturated heterocycles. The van der Waals surface area contributed by atoms with Gasteiger partial charge in [-0.2, -0.15) is 0 Å². The van der Waals surface area contributed by atoms with Crippen LogP contribution in [0.3, 0.4) is 0 Å². The SMILES string of the molecule is COC(=O)c1ccc(NC(=O)c2ccc(C(=O)Nc3ccccc3F)cc2)cc1. The number of amides is 2. The van der Waals surface area contributed by atoms with Crippen molar-refractivity contribution in [3.8, 4) is 0 Å². The molecular formula is C22H17FN2O4. The zero-order valence-corrected chi connectivity index (χ0v) is 15.4. The number of hydrogen-bond acceptors (Lipinski definition) is 4. The quantitative estimate of drug-likeness (QED) is 0.640. The second-order valence-electron chi connectivity index (χ2n) is 6.03. The van der Waals surface area contributed by atoms with Crippen LogP contribution < -0.4 is 10.6 Å². The van der Waals surface area contributed by atoms with Crippen LogP contribution in [-0.2, 0) is 4.74 Å². The highest BCUT2D eigenvalue weighted by molar-refractivity contribution is 6.07. The third-order valence-corrected chi connectivity index (χ3v) is 4.10. The van der Waals surface area contributed by atoms with E-state index >= 15 is 0 Å². The van der Waals surface area contributed by atoms with Crippen LogP contribution in [0, 0.1) is 5.82 Å². The number of ether oxygens (including phenoxy) is 1. The van der Waals surface area contributed by atoms with Crippen LogP contribution >= 0.6 is 0 Å². The van der Waals surface area contributed by atoms with E-state index in [1.807, 2.05) is 0 Å². The summed E-state index contributed by atoms with van der Waals surface area (Å²) in [7, 11) is 1.29. The van der Waals surface area contributed by atoms with E-state index in [2.05, 4.69) is 15.4 Å². The highest BCUT2D eigenvalue weighted by Crippen LogP contribution is 2.16. The van der Waals surface area contributed by atoms with Gasteiger partial charge in [0.15, 0.2) is 0 Å². The van der Waals surface area contributed by atoms with Crippen molar-refractivity contribution < 1.29 is 23.5 Å². The highest BCUT2D eigenvalue weighted by Gasteiger charge is 2.12. The van der Waals surface area contributed by atoms with Crippen LogP contribution in [0.2, 0.25) is 0 Å². The molecule has 0 aliphatic heterocycles. The number of esters is 1. The molecule has 3 rings (SSSR count). The van der Waals surface area contributed by atoms with E-state index in [1.54, 1.807) is 18.2 Å². The maximum Gasteiger partial charge on any atom is 0.337 e. The molecule has 0 atom stereocenters. The van der Waals surface area contributed by atoms with Gasteiger partial charge in [0.2, 0.25) is 0 Å². The van der Waals surface area contributed by atoms with E-state index in [1.165, 1.54) is 61.7 Å². The molecule has 0 fully saturated rings. The number of anilines is 2. The van der Waals surface area contributed by atoms with Crippen LogP contribution in [0.5, 0.6) is 0 Å². The molecule has 0 unspecified atom stereocenters. The minimum absolute atomic E-state index is 0.0784. The average Bonchev–Trinajstić information content (AvgIpc) is 2.75. The molecule has 0 saturated carbocycles. The minimum Gasteiger partial charge on any atom is -0.465 e. The second kappa shape index (κ2) is 8.79. The molecule has 2 amide bonds. The van der Waals surface area contributed by atoms with E-state index in [-0.39, 0.29) is 17.2 Å². The molecule has 3 aromatic rings. The standard InChI is InChI=1S/C22H17FN2O4/c1-29-22(28)16-10-12-17(13-11-16)24-20(26)14-6-8-15(9-7-14)21(27)25-19-5-3-2-4-18(19)23/h2-13H,1H3,(H,24,26)(H,25,27). The Morgan fingerprint density at radius 2 is 1.24 bits per heavy atom. The largest absolute Gasteiger partial charge is 0.465 e. The number of carbonyl (C=O) groups is 3. The van der Waals surface area contributed by atoms with Crippen LogP contribution in [0.25, 0.3) is 0 Å². The zero-order chi connectivity index (χ0) is 20.8. The highest BCUT2D eigenvalue weighted by atomic mass is 19.1. The summed E-state index contributed by atoms with van der Waals surface area (Å²) >= 11 is 0. The number of halogens is 1. The Bertz CT molecular complexity index is 1050. The van der Waals surface area contributed by atoms with Gasteiger partial charge >= 0.3 is 5.97 Å². The predicted molar refractivity (Wildman–Crippen MR) is 107 cm³/mol. The molecule has 3 aromatic carbocycles. The first-order valence-electron chi connectivity index (χ1n) is 8.63. The van der Waals surface area contributed by atoms with Gasteiger partial charge in [0.25, 0.3) is 11.8 Å². The lowest BCUT2D eigenvalue weighted by Gasteiger charge is -2.08. The third-order valence-electron chi connectivity index (χ3n) is 4.10. The van der Waals surface area contributed by atoms with Crippen molar-refractivity contribution >= 4 is 29.2 Å². The van der Waals surface area contributed by atoms with E-state index in [4.69, 9.17) is 0 Å². The monoisotopic (exact) mass is 392 g/mol. The molecule has 0 aliphatic carbocycles. The number of methoxy groups -OCH3 is 1. The molecule has 6 nitrogen and oxygen atoms in total. The summed E-state index contributed by atoms with van der Waals surface area (Å²) in [4.78, 5) is 36.0. The summed E-state index contributed by atoms with van der Waals surface area (Å²) in [5.74, 6) is -1.86. The van der Waals surface area contributed by atoms with Crippen molar-refractivity contribution in [2.75, 3.05) is 17.7 Å². The summed E-state index contributed by atoms with van der Waals surface area (Å²) < 4.78 is 18.3. The van der Waals surface area contributed by atoms with E-state index in [9.17, 15) is 18.8 Å². The van der Waals surface area contributed by atoms with Gasteiger partial charge in [0.05, 0.1) is 18.4 Å². The summed E-state index contributed by atoms with van der Waals surface area (Å²) in [5, 5.41) is 5.18. The molecule has 0 spiro atoms. The summed E-state index contributed by atoms with van der Waals surface area (Å²) in [6.07, 6.45) is 0. The summed E-state index contributed by atoms with van der Waals surface area (Å²) in [6, 6.07) is 18.0. The van der Waals surface area contributed by atoms with Gasteiger partial charge in [-0.3, -0.25) is 9.59 Å². The zero-order valence-electron chi connectivity index (χ0n) is 15.4. The van der Waals surface area contributed by atoms with Gasteiger partial charge in [0, 0.05) is 16.8 Å². The number of rotatable bonds is 5. The van der Waals surface area contributed by atoms with Gasteiger partial charge in [0.1, 0.15) is 5.82 Å². The number of hydrogen-bond donors (Lipinski definition) is 2. The Balaban J connectivity index is 1.64. The van der Waals surface area contributed by atoms with Crippen LogP contribution in [0.1, 0.15) is 31.1 Å². The lowest BCUT2D eigenvalue weighted by atomic mass is 10.1. The number of carbonyl (C=O) groups excluding carboxylic acids is 3. The van der Waals surface area contributed by atoms with E-state index in [0.717, 1.165) is 0 Å². The smallest absolute Gasteiger partial charge is 0.337 e. The Morgan fingerprint density at radius 1 is 0.724 bits per heavy atom. The van der Waals surface area contributed by atoms with Crippen molar-refractivity contribution in [1.29, 1.82) is 0 Å². The summed E-state index contributed by atoms with van der Waals surface area (Å²) in [5.41, 5.74) is 1.58. The van der Waals surface area contributed by atoms with Crippen molar-refractivity contribution in [2.24, 2.45) is 0 Å². The van der Waals surface area contributed by atoms with Gasteiger partial charge in [-0.05, 0) is 60.7 Å². The van der Waals surface area contributed by atoms with Gasteiger partial charge in [-0.15, -0.1) is 0 Å². The van der Waals surface area contributed by atoms with Gasteiger partial charge < -0.3 is 15.4 Å². The lowest BCUT2D eigenvalue weighted by Crippen LogP contribution is -2.15. The lowest BCUT2D eigenvalue weighted by molar-refractivity contribution is 0.0600. The molecule has 7 heteroatoms. The fraction of sp³-hybridized carbons (Fsp3) is 0.0455. The Labute approximate surface area is 166 Å². The molecule has 0 bridgehead atoms. The van der Waals surface area contributed by atoms with Crippen molar-refractivity contribution in [2.45, 2.75) is 0 Å². The fourth-order valence-corrected chi connectivity index (χ4v) is 2.54. The van der Waals surface area contributed by atoms with Crippen molar-refractivity contribution in [1.82, 2.24) is 0 Å². The van der Waals surface area contributed by atoms with Crippen LogP contribution in [-0.4, -0.2) is 24.9 Å². The maximum atomic E-state index is 13.6. The molecule has 2 N–H and O–H groups in total. The maximum absolute atomic E-state index is 13.6. The molecular weight excluding hydrogens is 375 g/mol. The topological polar surface area (TPSA) is 84.5 Å². The molecule has 0 heterocycles. The minimum atomic E-state index is -0.532. The predicted octanol–water partition coefficient (Wildman–Crippen LogP) is 4.12. The van der Waals surface area contributed by atoms with Crippen LogP contribution in [0.4, 0.5) is 15.8 Å². The molecule has 0 aromatic heterocycles. The Kier molecular flexibility index (Phi) is 5.99. The average molecular weight is 392 g/mol. The Hall–Kier alpha value is -4.00. The second-order valence-corrected chi connectivity index (χ2v) is 6.03. The number of para-hydroxylation sites is 1. The molecule has 0 radical (unpaired) electrons. The third kappa shape index (κ3) is 4.84. The normalized spacial score (nSPS) is 10.1. The van der Waals surface area contributed by atoms with E-state index in [0.29, 0.717) is 16.8 Å². The van der Waals surface area contributed by atoms with Gasteiger partial charge in [-0.1, -0.05) is 12.1 Å². The first-order valence-corrected chi connectivity index (χ1v) is 8.63. The molecule has 146 valence electrons. The van der Waals surface area contributed by atoms with Crippen LogP contribution in [0.15, 0.2) is 72.8 Å².